The van der Waals surface area contributed by atoms with E-state index in [-0.39, 0.29) is 15.5 Å². The van der Waals surface area contributed by atoms with Gasteiger partial charge in [-0.3, -0.25) is 4.72 Å². The molecule has 0 bridgehead atoms. The molecule has 0 saturated carbocycles. The van der Waals surface area contributed by atoms with Crippen LogP contribution in [0.25, 0.3) is 0 Å². The van der Waals surface area contributed by atoms with E-state index in [0.29, 0.717) is 5.69 Å². The van der Waals surface area contributed by atoms with E-state index < -0.39 is 26.1 Å². The Balaban J connectivity index is 1.75. The summed E-state index contributed by atoms with van der Waals surface area (Å²) in [4.78, 5) is 11.8. The van der Waals surface area contributed by atoms with Gasteiger partial charge in [0.2, 0.25) is 0 Å². The van der Waals surface area contributed by atoms with E-state index in [9.17, 15) is 21.6 Å². The number of anilines is 2. The Labute approximate surface area is 175 Å². The highest BCUT2D eigenvalue weighted by Crippen LogP contribution is 2.19. The first-order valence-corrected chi connectivity index (χ1v) is 11.7. The third-order valence-corrected chi connectivity index (χ3v) is 6.71. The fourth-order valence-corrected chi connectivity index (χ4v) is 4.54. The molecule has 30 heavy (non-hydrogen) atoms. The van der Waals surface area contributed by atoms with Crippen LogP contribution in [0.5, 0.6) is 0 Å². The summed E-state index contributed by atoms with van der Waals surface area (Å²) in [6, 6.07) is 18.7. The molecule has 0 fully saturated rings. The zero-order chi connectivity index (χ0) is 21.8. The number of rotatable bonds is 6. The van der Waals surface area contributed by atoms with E-state index in [0.717, 1.165) is 11.6 Å². The molecule has 2 amide bonds. The van der Waals surface area contributed by atoms with Crippen LogP contribution in [0.1, 0.15) is 5.56 Å². The van der Waals surface area contributed by atoms with Crippen LogP contribution in [0.4, 0.5) is 16.2 Å². The van der Waals surface area contributed by atoms with Crippen molar-refractivity contribution in [3.05, 3.63) is 84.4 Å². The number of nitrogens with one attached hydrogen (secondary N) is 3. The zero-order valence-corrected chi connectivity index (χ0v) is 17.5. The van der Waals surface area contributed by atoms with Crippen molar-refractivity contribution >= 4 is 37.5 Å². The quantitative estimate of drug-likeness (QED) is 0.537. The van der Waals surface area contributed by atoms with Crippen LogP contribution >= 0.6 is 0 Å². The Bertz CT molecular complexity index is 1260. The van der Waals surface area contributed by atoms with Crippen molar-refractivity contribution in [2.45, 2.75) is 16.7 Å². The summed E-state index contributed by atoms with van der Waals surface area (Å²) in [5.41, 5.74) is 1.46. The van der Waals surface area contributed by atoms with Gasteiger partial charge in [0, 0.05) is 5.69 Å². The number of hydrogen-bond acceptors (Lipinski definition) is 5. The Morgan fingerprint density at radius 1 is 0.700 bits per heavy atom. The summed E-state index contributed by atoms with van der Waals surface area (Å²) in [5.74, 6) is 0. The molecule has 0 aliphatic rings. The molecule has 0 heterocycles. The van der Waals surface area contributed by atoms with Crippen LogP contribution in [0, 0.1) is 6.92 Å². The fraction of sp³-hybridized carbons (Fsp3) is 0.0500. The van der Waals surface area contributed by atoms with Crippen molar-refractivity contribution in [1.29, 1.82) is 0 Å². The van der Waals surface area contributed by atoms with Crippen molar-refractivity contribution < 1.29 is 21.6 Å². The lowest BCUT2D eigenvalue weighted by molar-refractivity contribution is 0.256. The van der Waals surface area contributed by atoms with Gasteiger partial charge in [-0.05, 0) is 49.4 Å². The summed E-state index contributed by atoms with van der Waals surface area (Å²) in [5, 5.41) is 2.43. The summed E-state index contributed by atoms with van der Waals surface area (Å²) in [6.45, 7) is 1.88. The minimum absolute atomic E-state index is 0.0360. The number of hydrogen-bond donors (Lipinski definition) is 3. The molecule has 10 heteroatoms. The van der Waals surface area contributed by atoms with Crippen LogP contribution in [-0.2, 0) is 20.0 Å². The molecule has 0 aliphatic carbocycles. The summed E-state index contributed by atoms with van der Waals surface area (Å²) in [6.07, 6.45) is 0. The average molecular weight is 446 g/mol. The van der Waals surface area contributed by atoms with E-state index in [4.69, 9.17) is 0 Å². The maximum atomic E-state index is 12.5. The first-order valence-electron chi connectivity index (χ1n) is 8.74. The molecule has 0 aromatic heterocycles. The second-order valence-electron chi connectivity index (χ2n) is 6.37. The lowest BCUT2D eigenvalue weighted by Gasteiger charge is -2.11. The molecule has 0 unspecified atom stereocenters. The SMILES string of the molecule is Cc1ccc(NC(=O)NS(=O)(=O)c2cccc(NS(=O)(=O)c3ccccc3)c2)cc1. The Kier molecular flexibility index (Phi) is 6.09. The van der Waals surface area contributed by atoms with Gasteiger partial charge in [-0.15, -0.1) is 0 Å². The third kappa shape index (κ3) is 5.37. The van der Waals surface area contributed by atoms with Crippen molar-refractivity contribution in [1.82, 2.24) is 4.72 Å². The van der Waals surface area contributed by atoms with Gasteiger partial charge in [-0.25, -0.2) is 26.4 Å². The number of aryl methyl sites for hydroxylation is 1. The number of amides is 2. The van der Waals surface area contributed by atoms with Gasteiger partial charge in [-0.1, -0.05) is 42.0 Å². The predicted molar refractivity (Wildman–Crippen MR) is 114 cm³/mol. The monoisotopic (exact) mass is 445 g/mol. The lowest BCUT2D eigenvalue weighted by atomic mass is 10.2. The molecule has 3 aromatic carbocycles. The topological polar surface area (TPSA) is 121 Å². The van der Waals surface area contributed by atoms with E-state index in [2.05, 4.69) is 10.0 Å². The summed E-state index contributed by atoms with van der Waals surface area (Å²) >= 11 is 0. The van der Waals surface area contributed by atoms with Crippen LogP contribution in [0.2, 0.25) is 0 Å². The first kappa shape index (κ1) is 21.3. The fourth-order valence-electron chi connectivity index (χ4n) is 2.51. The van der Waals surface area contributed by atoms with Gasteiger partial charge in [0.1, 0.15) is 0 Å². The van der Waals surface area contributed by atoms with E-state index in [1.165, 1.54) is 30.3 Å². The van der Waals surface area contributed by atoms with Gasteiger partial charge in [0.15, 0.2) is 0 Å². The highest BCUT2D eigenvalue weighted by molar-refractivity contribution is 7.92. The normalized spacial score (nSPS) is 11.5. The summed E-state index contributed by atoms with van der Waals surface area (Å²) in [7, 11) is -8.11. The number of sulfonamides is 2. The molecule has 3 N–H and O–H groups in total. The highest BCUT2D eigenvalue weighted by atomic mass is 32.2. The van der Waals surface area contributed by atoms with Crippen molar-refractivity contribution in [3.63, 3.8) is 0 Å². The van der Waals surface area contributed by atoms with Crippen LogP contribution in [0.15, 0.2) is 88.7 Å². The van der Waals surface area contributed by atoms with Crippen LogP contribution < -0.4 is 14.8 Å². The first-order chi connectivity index (χ1) is 14.2. The predicted octanol–water partition coefficient (Wildman–Crippen LogP) is 3.31. The highest BCUT2D eigenvalue weighted by Gasteiger charge is 2.20. The van der Waals surface area contributed by atoms with Crippen molar-refractivity contribution in [2.24, 2.45) is 0 Å². The minimum Gasteiger partial charge on any atom is -0.307 e. The van der Waals surface area contributed by atoms with Gasteiger partial charge in [0.05, 0.1) is 15.5 Å². The summed E-state index contributed by atoms with van der Waals surface area (Å²) < 4.78 is 54.1. The maximum absolute atomic E-state index is 12.5. The number of urea groups is 1. The standard InChI is InChI=1S/C20H19N3O5S2/c1-15-10-12-16(13-11-15)21-20(24)23-30(27,28)19-9-5-6-17(14-19)22-29(25,26)18-7-3-2-4-8-18/h2-14,22H,1H3,(H2,21,23,24). The molecule has 0 spiro atoms. The zero-order valence-electron chi connectivity index (χ0n) is 15.9. The molecular formula is C20H19N3O5S2. The smallest absolute Gasteiger partial charge is 0.307 e. The third-order valence-electron chi connectivity index (χ3n) is 3.99. The molecule has 3 rings (SSSR count). The van der Waals surface area contributed by atoms with Crippen molar-refractivity contribution in [3.8, 4) is 0 Å². The second-order valence-corrected chi connectivity index (χ2v) is 9.74. The Hall–Kier alpha value is -3.37. The second kappa shape index (κ2) is 8.56. The number of benzene rings is 3. The van der Waals surface area contributed by atoms with Gasteiger partial charge >= 0.3 is 6.03 Å². The molecule has 156 valence electrons. The number of carbonyl (C=O) groups excluding carboxylic acids is 1. The van der Waals surface area contributed by atoms with Gasteiger partial charge < -0.3 is 5.32 Å². The molecule has 0 aliphatic heterocycles. The molecule has 3 aromatic rings. The van der Waals surface area contributed by atoms with E-state index >= 15 is 0 Å². The number of carbonyl (C=O) groups is 1. The molecule has 0 atom stereocenters. The van der Waals surface area contributed by atoms with E-state index in [1.54, 1.807) is 42.5 Å². The van der Waals surface area contributed by atoms with Gasteiger partial charge in [0.25, 0.3) is 20.0 Å². The van der Waals surface area contributed by atoms with Crippen LogP contribution in [0.3, 0.4) is 0 Å². The Morgan fingerprint density at radius 2 is 1.33 bits per heavy atom. The largest absolute Gasteiger partial charge is 0.333 e. The van der Waals surface area contributed by atoms with E-state index in [1.807, 2.05) is 11.6 Å². The molecule has 0 saturated heterocycles. The Morgan fingerprint density at radius 3 is 2.00 bits per heavy atom. The lowest BCUT2D eigenvalue weighted by Crippen LogP contribution is -2.34. The maximum Gasteiger partial charge on any atom is 0.333 e. The molecule has 8 nitrogen and oxygen atoms in total. The average Bonchev–Trinajstić information content (AvgIpc) is 2.70. The van der Waals surface area contributed by atoms with Crippen molar-refractivity contribution in [2.75, 3.05) is 10.0 Å². The molecule has 0 radical (unpaired) electrons. The minimum atomic E-state index is -4.23. The van der Waals surface area contributed by atoms with Crippen LogP contribution in [-0.4, -0.2) is 22.9 Å². The molecular weight excluding hydrogens is 426 g/mol. The van der Waals surface area contributed by atoms with Gasteiger partial charge in [-0.2, -0.15) is 0 Å².